The number of carbonyl (C=O) groups excluding carboxylic acids is 1. The third-order valence-electron chi connectivity index (χ3n) is 5.79. The van der Waals surface area contributed by atoms with E-state index in [4.69, 9.17) is 0 Å². The summed E-state index contributed by atoms with van der Waals surface area (Å²) >= 11 is -1.50. The lowest BCUT2D eigenvalue weighted by Crippen LogP contribution is -2.30. The summed E-state index contributed by atoms with van der Waals surface area (Å²) in [5.74, 6) is -0.329. The van der Waals surface area contributed by atoms with Gasteiger partial charge in [0, 0.05) is 24.8 Å². The molecule has 4 rings (SSSR count). The van der Waals surface area contributed by atoms with Gasteiger partial charge in [-0.2, -0.15) is 0 Å². The van der Waals surface area contributed by atoms with Crippen molar-refractivity contribution in [3.05, 3.63) is 88.7 Å². The number of hydrogen-bond donors (Lipinski definition) is 2. The molecule has 0 aliphatic carbocycles. The first-order chi connectivity index (χ1) is 15.6. The highest BCUT2D eigenvalue weighted by Gasteiger charge is 2.26. The summed E-state index contributed by atoms with van der Waals surface area (Å²) in [5, 5.41) is 2.96. The van der Waals surface area contributed by atoms with Crippen molar-refractivity contribution in [3.63, 3.8) is 0 Å². The number of carbonyl (C=O) groups is 1. The Bertz CT molecular complexity index is 1180. The molecule has 1 unspecified atom stereocenters. The molecule has 3 aromatic carbocycles. The third kappa shape index (κ3) is 5.31. The van der Waals surface area contributed by atoms with E-state index in [0.29, 0.717) is 29.2 Å². The van der Waals surface area contributed by atoms with E-state index in [0.717, 1.165) is 16.8 Å². The Morgan fingerprint density at radius 3 is 2.36 bits per heavy atom. The number of rotatable bonds is 4. The van der Waals surface area contributed by atoms with E-state index in [1.54, 1.807) is 24.0 Å². The smallest absolute Gasteiger partial charge is 0.322 e. The average Bonchev–Trinajstić information content (AvgIpc) is 3.19. The van der Waals surface area contributed by atoms with Gasteiger partial charge in [0.2, 0.25) is 0 Å². The van der Waals surface area contributed by atoms with E-state index in [-0.39, 0.29) is 17.3 Å². The van der Waals surface area contributed by atoms with E-state index < -0.39 is 11.4 Å². The minimum Gasteiger partial charge on any atom is -0.588 e. The van der Waals surface area contributed by atoms with Crippen LogP contribution in [0.25, 0.3) is 0 Å². The van der Waals surface area contributed by atoms with Gasteiger partial charge in [0.05, 0.1) is 5.69 Å². The monoisotopic (exact) mass is 465 g/mol. The van der Waals surface area contributed by atoms with Gasteiger partial charge in [0.1, 0.15) is 17.2 Å². The first kappa shape index (κ1) is 23.1. The number of benzene rings is 3. The fourth-order valence-corrected chi connectivity index (χ4v) is 4.77. The van der Waals surface area contributed by atoms with Crippen molar-refractivity contribution in [2.75, 3.05) is 10.0 Å². The van der Waals surface area contributed by atoms with Crippen molar-refractivity contribution in [1.82, 2.24) is 4.90 Å². The van der Waals surface area contributed by atoms with Gasteiger partial charge in [-0.3, -0.25) is 0 Å². The van der Waals surface area contributed by atoms with Crippen LogP contribution >= 0.6 is 0 Å². The highest BCUT2D eigenvalue weighted by molar-refractivity contribution is 7.92. The Balaban J connectivity index is 1.40. The Morgan fingerprint density at radius 1 is 1.00 bits per heavy atom. The second kappa shape index (κ2) is 9.08. The molecule has 2 N–H and O–H groups in total. The van der Waals surface area contributed by atoms with Crippen molar-refractivity contribution >= 4 is 28.8 Å². The number of fused-ring (bicyclic) bond motifs is 1. The number of amides is 2. The summed E-state index contributed by atoms with van der Waals surface area (Å²) in [6.07, 6.45) is 0. The van der Waals surface area contributed by atoms with Gasteiger partial charge in [0.15, 0.2) is 4.90 Å². The van der Waals surface area contributed by atoms with Gasteiger partial charge in [0.25, 0.3) is 0 Å². The van der Waals surface area contributed by atoms with E-state index in [1.807, 2.05) is 36.4 Å². The number of aryl methyl sites for hydroxylation is 1. The number of nitrogens with one attached hydrogen (secondary N) is 2. The molecule has 0 saturated carbocycles. The fraction of sp³-hybridized carbons (Fsp3) is 0.269. The SMILES string of the molecule is Cc1cc(F)ccc1N[S+]([O-])c1ccc2c(c1)CN(C(=O)Nc1ccc(C(C)(C)C)cc1)C2. The van der Waals surface area contributed by atoms with E-state index >= 15 is 0 Å². The molecule has 1 heterocycles. The molecule has 2 amide bonds. The Labute approximate surface area is 197 Å². The van der Waals surface area contributed by atoms with E-state index in [9.17, 15) is 13.7 Å². The van der Waals surface area contributed by atoms with E-state index in [2.05, 4.69) is 30.8 Å². The molecule has 7 heteroatoms. The number of urea groups is 1. The highest BCUT2D eigenvalue weighted by Crippen LogP contribution is 2.28. The molecular formula is C26H28FN3O2S. The van der Waals surface area contributed by atoms with Gasteiger partial charge in [-0.1, -0.05) is 39.0 Å². The van der Waals surface area contributed by atoms with E-state index in [1.165, 1.54) is 17.7 Å². The van der Waals surface area contributed by atoms with Crippen LogP contribution in [0.15, 0.2) is 65.6 Å². The minimum absolute atomic E-state index is 0.0567. The average molecular weight is 466 g/mol. The molecule has 3 aromatic rings. The maximum Gasteiger partial charge on any atom is 0.322 e. The van der Waals surface area contributed by atoms with Gasteiger partial charge in [-0.25, -0.2) is 13.9 Å². The number of anilines is 2. The van der Waals surface area contributed by atoms with Crippen LogP contribution in [0, 0.1) is 12.7 Å². The third-order valence-corrected chi connectivity index (χ3v) is 6.88. The normalized spacial score (nSPS) is 14.1. The van der Waals surface area contributed by atoms with Crippen LogP contribution in [0.5, 0.6) is 0 Å². The summed E-state index contributed by atoms with van der Waals surface area (Å²) < 4.78 is 29.1. The maximum atomic E-state index is 13.3. The van der Waals surface area contributed by atoms with Crippen LogP contribution in [-0.4, -0.2) is 15.5 Å². The predicted octanol–water partition coefficient (Wildman–Crippen LogP) is 6.11. The van der Waals surface area contributed by atoms with Crippen LogP contribution < -0.4 is 10.0 Å². The molecule has 0 radical (unpaired) electrons. The molecule has 1 aliphatic heterocycles. The van der Waals surface area contributed by atoms with Gasteiger partial charge in [-0.05, 0) is 71.0 Å². The molecule has 0 bridgehead atoms. The highest BCUT2D eigenvalue weighted by atomic mass is 32.2. The predicted molar refractivity (Wildman–Crippen MR) is 131 cm³/mol. The largest absolute Gasteiger partial charge is 0.588 e. The van der Waals surface area contributed by atoms with Gasteiger partial charge >= 0.3 is 6.03 Å². The van der Waals surface area contributed by atoms with Crippen molar-refractivity contribution in [3.8, 4) is 0 Å². The second-order valence-electron chi connectivity index (χ2n) is 9.37. The Kier molecular flexibility index (Phi) is 6.36. The van der Waals surface area contributed by atoms with Crippen molar-refractivity contribution < 1.29 is 13.7 Å². The zero-order chi connectivity index (χ0) is 23.8. The molecule has 1 aliphatic rings. The van der Waals surface area contributed by atoms with Gasteiger partial charge < -0.3 is 14.8 Å². The minimum atomic E-state index is -1.50. The van der Waals surface area contributed by atoms with Gasteiger partial charge in [-0.15, -0.1) is 0 Å². The second-order valence-corrected chi connectivity index (χ2v) is 10.6. The fourth-order valence-electron chi connectivity index (χ4n) is 3.79. The molecule has 172 valence electrons. The molecule has 0 aromatic heterocycles. The Morgan fingerprint density at radius 2 is 1.70 bits per heavy atom. The first-order valence-corrected chi connectivity index (χ1v) is 12.0. The van der Waals surface area contributed by atoms with Crippen molar-refractivity contribution in [1.29, 1.82) is 0 Å². The Hall–Kier alpha value is -3.03. The van der Waals surface area contributed by atoms with Crippen LogP contribution in [0.2, 0.25) is 0 Å². The lowest BCUT2D eigenvalue weighted by Gasteiger charge is -2.20. The summed E-state index contributed by atoms with van der Waals surface area (Å²) in [6, 6.07) is 17.6. The number of hydrogen-bond acceptors (Lipinski definition) is 3. The van der Waals surface area contributed by atoms with Crippen LogP contribution in [0.1, 0.15) is 43.0 Å². The quantitative estimate of drug-likeness (QED) is 0.457. The number of nitrogens with zero attached hydrogens (tertiary/aromatic N) is 1. The molecule has 33 heavy (non-hydrogen) atoms. The molecular weight excluding hydrogens is 437 g/mol. The van der Waals surface area contributed by atoms with Crippen LogP contribution in [0.4, 0.5) is 20.6 Å². The zero-order valence-corrected chi connectivity index (χ0v) is 20.1. The zero-order valence-electron chi connectivity index (χ0n) is 19.2. The number of halogens is 1. The van der Waals surface area contributed by atoms with Crippen molar-refractivity contribution in [2.45, 2.75) is 51.1 Å². The standard InChI is InChI=1S/C26H28FN3O2S/c1-17-13-21(27)8-12-24(17)29-33(32)23-11-5-18-15-30(16-19(18)14-23)25(31)28-22-9-6-20(7-10-22)26(2,3)4/h5-14,29H,15-16H2,1-4H3,(H,28,31). The molecule has 0 saturated heterocycles. The maximum absolute atomic E-state index is 13.3. The van der Waals surface area contributed by atoms with Crippen LogP contribution in [-0.2, 0) is 29.9 Å². The summed E-state index contributed by atoms with van der Waals surface area (Å²) in [6.45, 7) is 9.16. The molecule has 0 fully saturated rings. The molecule has 0 spiro atoms. The summed E-state index contributed by atoms with van der Waals surface area (Å²) in [7, 11) is 0. The summed E-state index contributed by atoms with van der Waals surface area (Å²) in [4.78, 5) is 15.1. The molecule has 5 nitrogen and oxygen atoms in total. The lowest BCUT2D eigenvalue weighted by molar-refractivity contribution is 0.212. The van der Waals surface area contributed by atoms with Crippen molar-refractivity contribution in [2.24, 2.45) is 0 Å². The lowest BCUT2D eigenvalue weighted by atomic mass is 9.87. The molecule has 1 atom stereocenters. The first-order valence-electron chi connectivity index (χ1n) is 10.8. The summed E-state index contributed by atoms with van der Waals surface area (Å²) in [5.41, 5.74) is 5.32. The topological polar surface area (TPSA) is 67.4 Å². The van der Waals surface area contributed by atoms with Crippen LogP contribution in [0.3, 0.4) is 0 Å².